The third-order valence-corrected chi connectivity index (χ3v) is 4.48. The number of hydrogen-bond donors (Lipinski definition) is 3. The van der Waals surface area contributed by atoms with Crippen LogP contribution in [0.15, 0.2) is 24.3 Å². The van der Waals surface area contributed by atoms with Gasteiger partial charge in [-0.15, -0.1) is 10.2 Å². The monoisotopic (exact) mass is 359 g/mol. The Morgan fingerprint density at radius 2 is 2.00 bits per heavy atom. The van der Waals surface area contributed by atoms with Crippen LogP contribution >= 0.6 is 0 Å². The van der Waals surface area contributed by atoms with Crippen molar-refractivity contribution in [2.45, 2.75) is 31.4 Å². The maximum absolute atomic E-state index is 12.3. The van der Waals surface area contributed by atoms with Crippen LogP contribution < -0.4 is 15.8 Å². The van der Waals surface area contributed by atoms with Crippen molar-refractivity contribution < 1.29 is 19.4 Å². The summed E-state index contributed by atoms with van der Waals surface area (Å²) < 4.78 is 6.96. The third kappa shape index (κ3) is 3.83. The largest absolute Gasteiger partial charge is 0.484 e. The number of nitrogens with zero attached hydrogens (tertiary/aromatic N) is 3. The fourth-order valence-corrected chi connectivity index (χ4v) is 2.94. The SMILES string of the molecule is Cn1c(CO)nnc1C1CC(NC(=O)c2ccc(OCC(N)=O)cc2)C1. The Kier molecular flexibility index (Phi) is 5.17. The first-order chi connectivity index (χ1) is 12.5. The van der Waals surface area contributed by atoms with Gasteiger partial charge in [0.15, 0.2) is 12.4 Å². The van der Waals surface area contributed by atoms with Crippen LogP contribution in [0, 0.1) is 0 Å². The second-order valence-corrected chi connectivity index (χ2v) is 6.31. The number of nitrogens with one attached hydrogen (secondary N) is 1. The van der Waals surface area contributed by atoms with E-state index < -0.39 is 5.91 Å². The van der Waals surface area contributed by atoms with Gasteiger partial charge >= 0.3 is 0 Å². The van der Waals surface area contributed by atoms with E-state index in [0.29, 0.717) is 17.1 Å². The highest BCUT2D eigenvalue weighted by Gasteiger charge is 2.34. The van der Waals surface area contributed by atoms with Crippen LogP contribution in [-0.2, 0) is 18.4 Å². The van der Waals surface area contributed by atoms with E-state index in [9.17, 15) is 9.59 Å². The molecular formula is C17H21N5O4. The van der Waals surface area contributed by atoms with Crippen molar-refractivity contribution in [3.63, 3.8) is 0 Å². The van der Waals surface area contributed by atoms with Crippen LogP contribution in [-0.4, -0.2) is 44.3 Å². The molecule has 2 amide bonds. The van der Waals surface area contributed by atoms with Gasteiger partial charge in [-0.2, -0.15) is 0 Å². The molecule has 1 saturated carbocycles. The van der Waals surface area contributed by atoms with E-state index in [-0.39, 0.29) is 31.1 Å². The number of amides is 2. The molecule has 0 atom stereocenters. The molecule has 1 aliphatic carbocycles. The van der Waals surface area contributed by atoms with Crippen LogP contribution in [0.4, 0.5) is 0 Å². The molecule has 1 fully saturated rings. The highest BCUT2D eigenvalue weighted by molar-refractivity contribution is 5.94. The van der Waals surface area contributed by atoms with Gasteiger partial charge in [0.25, 0.3) is 11.8 Å². The van der Waals surface area contributed by atoms with Crippen LogP contribution in [0.5, 0.6) is 5.75 Å². The number of carbonyl (C=O) groups excluding carboxylic acids is 2. The predicted octanol–water partition coefficient (Wildman–Crippen LogP) is -0.153. The zero-order valence-electron chi connectivity index (χ0n) is 14.4. The summed E-state index contributed by atoms with van der Waals surface area (Å²) in [6.45, 7) is -0.343. The smallest absolute Gasteiger partial charge is 0.255 e. The summed E-state index contributed by atoms with van der Waals surface area (Å²) in [5.74, 6) is 1.35. The number of ether oxygens (including phenoxy) is 1. The van der Waals surface area contributed by atoms with Crippen LogP contribution in [0.1, 0.15) is 40.8 Å². The molecule has 1 heterocycles. The first-order valence-corrected chi connectivity index (χ1v) is 8.29. The molecule has 26 heavy (non-hydrogen) atoms. The van der Waals surface area contributed by atoms with Gasteiger partial charge in [-0.3, -0.25) is 9.59 Å². The summed E-state index contributed by atoms with van der Waals surface area (Å²) in [4.78, 5) is 23.0. The molecular weight excluding hydrogens is 338 g/mol. The van der Waals surface area contributed by atoms with Crippen molar-refractivity contribution in [2.24, 2.45) is 12.8 Å². The summed E-state index contributed by atoms with van der Waals surface area (Å²) in [6, 6.07) is 6.60. The molecule has 0 radical (unpaired) electrons. The van der Waals surface area contributed by atoms with Crippen LogP contribution in [0.25, 0.3) is 0 Å². The van der Waals surface area contributed by atoms with E-state index >= 15 is 0 Å². The Morgan fingerprint density at radius 1 is 1.31 bits per heavy atom. The number of hydrogen-bond acceptors (Lipinski definition) is 6. The molecule has 1 aromatic heterocycles. The van der Waals surface area contributed by atoms with Gasteiger partial charge in [0.1, 0.15) is 18.2 Å². The van der Waals surface area contributed by atoms with Gasteiger partial charge in [-0.05, 0) is 37.1 Å². The Morgan fingerprint density at radius 3 is 2.58 bits per heavy atom. The Labute approximate surface area is 150 Å². The summed E-state index contributed by atoms with van der Waals surface area (Å²) in [6.07, 6.45) is 1.56. The minimum Gasteiger partial charge on any atom is -0.484 e. The number of primary amides is 1. The molecule has 138 valence electrons. The lowest BCUT2D eigenvalue weighted by molar-refractivity contribution is -0.119. The van der Waals surface area contributed by atoms with Crippen molar-refractivity contribution in [1.82, 2.24) is 20.1 Å². The lowest BCUT2D eigenvalue weighted by Gasteiger charge is -2.35. The molecule has 0 spiro atoms. The van der Waals surface area contributed by atoms with Gasteiger partial charge in [-0.25, -0.2) is 0 Å². The number of benzene rings is 1. The molecule has 4 N–H and O–H groups in total. The van der Waals surface area contributed by atoms with Gasteiger partial charge in [-0.1, -0.05) is 0 Å². The van der Waals surface area contributed by atoms with E-state index in [2.05, 4.69) is 15.5 Å². The zero-order chi connectivity index (χ0) is 18.7. The standard InChI is InChI=1S/C17H21N5O4/c1-22-15(8-23)20-21-16(22)11-6-12(7-11)19-17(25)10-2-4-13(5-3-10)26-9-14(18)24/h2-5,11-12,23H,6-9H2,1H3,(H2,18,24)(H,19,25). The number of carbonyl (C=O) groups is 2. The molecule has 1 aliphatic rings. The van der Waals surface area contributed by atoms with E-state index in [1.165, 1.54) is 0 Å². The predicted molar refractivity (Wildman–Crippen MR) is 91.3 cm³/mol. The Hall–Kier alpha value is -2.94. The van der Waals surface area contributed by atoms with Crippen LogP contribution in [0.2, 0.25) is 0 Å². The maximum Gasteiger partial charge on any atom is 0.255 e. The van der Waals surface area contributed by atoms with Gasteiger partial charge in [0.05, 0.1) is 0 Å². The first-order valence-electron chi connectivity index (χ1n) is 8.29. The molecule has 0 bridgehead atoms. The molecule has 9 nitrogen and oxygen atoms in total. The topological polar surface area (TPSA) is 132 Å². The second-order valence-electron chi connectivity index (χ2n) is 6.31. The average Bonchev–Trinajstić information content (AvgIpc) is 2.96. The Bertz CT molecular complexity index is 796. The molecule has 0 aliphatic heterocycles. The summed E-state index contributed by atoms with van der Waals surface area (Å²) >= 11 is 0. The number of aliphatic hydroxyl groups is 1. The van der Waals surface area contributed by atoms with Gasteiger partial charge in [0.2, 0.25) is 0 Å². The minimum atomic E-state index is -0.555. The number of aromatic nitrogens is 3. The number of nitrogens with two attached hydrogens (primary N) is 1. The molecule has 1 aromatic carbocycles. The van der Waals surface area contributed by atoms with Crippen molar-refractivity contribution >= 4 is 11.8 Å². The third-order valence-electron chi connectivity index (χ3n) is 4.48. The molecule has 9 heteroatoms. The fraction of sp³-hybridized carbons (Fsp3) is 0.412. The zero-order valence-corrected chi connectivity index (χ0v) is 14.4. The van der Waals surface area contributed by atoms with Crippen molar-refractivity contribution in [3.05, 3.63) is 41.5 Å². The summed E-state index contributed by atoms with van der Waals surface area (Å²) in [7, 11) is 1.83. The van der Waals surface area contributed by atoms with E-state index in [4.69, 9.17) is 15.6 Å². The van der Waals surface area contributed by atoms with Crippen molar-refractivity contribution in [1.29, 1.82) is 0 Å². The fourth-order valence-electron chi connectivity index (χ4n) is 2.94. The minimum absolute atomic E-state index is 0.0764. The van der Waals surface area contributed by atoms with E-state index in [1.807, 2.05) is 7.05 Å². The number of aliphatic hydroxyl groups excluding tert-OH is 1. The van der Waals surface area contributed by atoms with Crippen LogP contribution in [0.3, 0.4) is 0 Å². The maximum atomic E-state index is 12.3. The highest BCUT2D eigenvalue weighted by Crippen LogP contribution is 2.36. The second kappa shape index (κ2) is 7.52. The number of rotatable bonds is 7. The van der Waals surface area contributed by atoms with Crippen molar-refractivity contribution in [3.8, 4) is 5.75 Å². The van der Waals surface area contributed by atoms with E-state index in [1.54, 1.807) is 28.8 Å². The lowest BCUT2D eigenvalue weighted by Crippen LogP contribution is -2.44. The summed E-state index contributed by atoms with van der Waals surface area (Å²) in [5, 5.41) is 20.2. The average molecular weight is 359 g/mol. The van der Waals surface area contributed by atoms with Crippen molar-refractivity contribution in [2.75, 3.05) is 6.61 Å². The molecule has 0 saturated heterocycles. The van der Waals surface area contributed by atoms with Gasteiger partial charge < -0.3 is 25.5 Å². The highest BCUT2D eigenvalue weighted by atomic mass is 16.5. The molecule has 3 rings (SSSR count). The molecule has 0 unspecified atom stereocenters. The quantitative estimate of drug-likeness (QED) is 0.630. The normalized spacial score (nSPS) is 18.8. The Balaban J connectivity index is 1.50. The van der Waals surface area contributed by atoms with E-state index in [0.717, 1.165) is 18.7 Å². The lowest BCUT2D eigenvalue weighted by atomic mass is 9.79. The molecule has 2 aromatic rings. The van der Waals surface area contributed by atoms with Gasteiger partial charge in [0, 0.05) is 24.6 Å². The summed E-state index contributed by atoms with van der Waals surface area (Å²) in [5.41, 5.74) is 5.53. The first kappa shape index (κ1) is 17.9.